The highest BCUT2D eigenvalue weighted by atomic mass is 79.9. The molecule has 1 N–H and O–H groups in total. The normalized spacial score (nSPS) is 10.8. The van der Waals surface area contributed by atoms with Gasteiger partial charge in [0.2, 0.25) is 5.91 Å². The van der Waals surface area contributed by atoms with Gasteiger partial charge in [-0.2, -0.15) is 0 Å². The molecule has 0 aliphatic carbocycles. The molecule has 0 bridgehead atoms. The number of amides is 1. The number of carbonyl (C=O) groups is 1. The van der Waals surface area contributed by atoms with Crippen LogP contribution in [0.4, 0.5) is 5.69 Å². The van der Waals surface area contributed by atoms with E-state index in [0.717, 1.165) is 10.0 Å². The van der Waals surface area contributed by atoms with E-state index in [1.165, 1.54) is 6.08 Å². The predicted molar refractivity (Wildman–Crippen MR) is 88.3 cm³/mol. The summed E-state index contributed by atoms with van der Waals surface area (Å²) in [5.41, 5.74) is 1.54. The number of carbonyl (C=O) groups excluding carboxylic acids is 1. The Morgan fingerprint density at radius 2 is 1.75 bits per heavy atom. The molecule has 0 unspecified atom stereocenters. The van der Waals surface area contributed by atoms with Crippen LogP contribution in [0.25, 0.3) is 6.08 Å². The van der Waals surface area contributed by atoms with Crippen LogP contribution in [0.5, 0.6) is 0 Å². The average molecular weight is 371 g/mol. The molecule has 102 valence electrons. The van der Waals surface area contributed by atoms with Gasteiger partial charge >= 0.3 is 0 Å². The van der Waals surface area contributed by atoms with Crippen molar-refractivity contribution in [2.75, 3.05) is 5.32 Å². The van der Waals surface area contributed by atoms with E-state index in [1.807, 2.05) is 24.3 Å². The van der Waals surface area contributed by atoms with Crippen LogP contribution in [0, 0.1) is 0 Å². The number of rotatable bonds is 3. The van der Waals surface area contributed by atoms with Crippen LogP contribution in [-0.2, 0) is 4.79 Å². The van der Waals surface area contributed by atoms with Crippen LogP contribution in [0.15, 0.2) is 53.0 Å². The van der Waals surface area contributed by atoms with E-state index < -0.39 is 0 Å². The number of hydrogen-bond acceptors (Lipinski definition) is 1. The highest BCUT2D eigenvalue weighted by Crippen LogP contribution is 2.25. The molecule has 0 heterocycles. The molecule has 0 saturated carbocycles. The molecule has 0 spiro atoms. The second-order valence-electron chi connectivity index (χ2n) is 4.00. The maximum absolute atomic E-state index is 11.8. The minimum Gasteiger partial charge on any atom is -0.322 e. The topological polar surface area (TPSA) is 29.1 Å². The number of benzene rings is 2. The first-order valence-corrected chi connectivity index (χ1v) is 7.29. The summed E-state index contributed by atoms with van der Waals surface area (Å²) in [4.78, 5) is 11.8. The zero-order valence-corrected chi connectivity index (χ0v) is 13.3. The Hall–Kier alpha value is -1.29. The van der Waals surface area contributed by atoms with Crippen molar-refractivity contribution in [2.45, 2.75) is 0 Å². The fraction of sp³-hybridized carbons (Fsp3) is 0. The van der Waals surface area contributed by atoms with E-state index in [1.54, 1.807) is 24.3 Å². The first kappa shape index (κ1) is 15.1. The van der Waals surface area contributed by atoms with Gasteiger partial charge in [-0.25, -0.2) is 0 Å². The zero-order chi connectivity index (χ0) is 14.5. The van der Waals surface area contributed by atoms with Gasteiger partial charge in [0, 0.05) is 16.2 Å². The van der Waals surface area contributed by atoms with Gasteiger partial charge in [-0.05, 0) is 42.0 Å². The Kier molecular flexibility index (Phi) is 5.24. The van der Waals surface area contributed by atoms with Gasteiger partial charge in [-0.3, -0.25) is 4.79 Å². The highest BCUT2D eigenvalue weighted by Gasteiger charge is 2.01. The molecule has 0 saturated heterocycles. The van der Waals surface area contributed by atoms with Gasteiger partial charge in [-0.15, -0.1) is 0 Å². The van der Waals surface area contributed by atoms with Crippen molar-refractivity contribution in [3.63, 3.8) is 0 Å². The summed E-state index contributed by atoms with van der Waals surface area (Å²) in [5.74, 6) is -0.230. The summed E-state index contributed by atoms with van der Waals surface area (Å²) in [6.07, 6.45) is 3.20. The molecule has 5 heteroatoms. The Morgan fingerprint density at radius 1 is 1.05 bits per heavy atom. The van der Waals surface area contributed by atoms with E-state index in [0.29, 0.717) is 15.7 Å². The Labute approximate surface area is 135 Å². The van der Waals surface area contributed by atoms with E-state index >= 15 is 0 Å². The smallest absolute Gasteiger partial charge is 0.248 e. The molecule has 0 fully saturated rings. The van der Waals surface area contributed by atoms with Gasteiger partial charge in [-0.1, -0.05) is 51.3 Å². The summed E-state index contributed by atoms with van der Waals surface area (Å²) in [7, 11) is 0. The third-order valence-corrected chi connectivity index (χ3v) is 3.75. The first-order valence-electron chi connectivity index (χ1n) is 5.74. The van der Waals surface area contributed by atoms with Crippen molar-refractivity contribution in [1.82, 2.24) is 0 Å². The van der Waals surface area contributed by atoms with Crippen molar-refractivity contribution in [3.8, 4) is 0 Å². The monoisotopic (exact) mass is 369 g/mol. The van der Waals surface area contributed by atoms with Gasteiger partial charge in [0.15, 0.2) is 0 Å². The number of halogens is 3. The molecule has 1 amide bonds. The lowest BCUT2D eigenvalue weighted by Crippen LogP contribution is -2.07. The minimum atomic E-state index is -0.230. The van der Waals surface area contributed by atoms with Crippen molar-refractivity contribution >= 4 is 56.8 Å². The van der Waals surface area contributed by atoms with Crippen molar-refractivity contribution in [1.29, 1.82) is 0 Å². The van der Waals surface area contributed by atoms with Crippen molar-refractivity contribution in [2.24, 2.45) is 0 Å². The first-order chi connectivity index (χ1) is 9.54. The molecule has 0 aliphatic rings. The average Bonchev–Trinajstić information content (AvgIpc) is 2.42. The van der Waals surface area contributed by atoms with Crippen molar-refractivity contribution < 1.29 is 4.79 Å². The molecular formula is C15H10BrCl2NO. The summed E-state index contributed by atoms with van der Waals surface area (Å²) < 4.78 is 0.995. The lowest BCUT2D eigenvalue weighted by molar-refractivity contribution is -0.111. The van der Waals surface area contributed by atoms with E-state index in [4.69, 9.17) is 23.2 Å². The quantitative estimate of drug-likeness (QED) is 0.719. The third-order valence-electron chi connectivity index (χ3n) is 2.48. The molecule has 2 aromatic rings. The van der Waals surface area contributed by atoms with Crippen LogP contribution < -0.4 is 5.32 Å². The van der Waals surface area contributed by atoms with Gasteiger partial charge in [0.25, 0.3) is 0 Å². The zero-order valence-electron chi connectivity index (χ0n) is 10.2. The summed E-state index contributed by atoms with van der Waals surface area (Å²) in [6, 6.07) is 12.6. The SMILES string of the molecule is O=C(/C=C/c1ccc(Br)cc1)Nc1ccc(Cl)c(Cl)c1. The minimum absolute atomic E-state index is 0.230. The van der Waals surface area contributed by atoms with Gasteiger partial charge in [0.05, 0.1) is 10.0 Å². The molecular weight excluding hydrogens is 361 g/mol. The molecule has 0 aliphatic heterocycles. The number of anilines is 1. The highest BCUT2D eigenvalue weighted by molar-refractivity contribution is 9.10. The van der Waals surface area contributed by atoms with E-state index in [9.17, 15) is 4.79 Å². The summed E-state index contributed by atoms with van der Waals surface area (Å²) in [5, 5.41) is 3.57. The Bertz CT molecular complexity index is 653. The van der Waals surface area contributed by atoms with E-state index in [2.05, 4.69) is 21.2 Å². The predicted octanol–water partition coefficient (Wildman–Crippen LogP) is 5.41. The maximum Gasteiger partial charge on any atom is 0.248 e. The lowest BCUT2D eigenvalue weighted by atomic mass is 10.2. The summed E-state index contributed by atoms with van der Waals surface area (Å²) in [6.45, 7) is 0. The number of nitrogens with one attached hydrogen (secondary N) is 1. The molecule has 0 radical (unpaired) electrons. The molecule has 0 aromatic heterocycles. The second kappa shape index (κ2) is 6.93. The molecule has 2 rings (SSSR count). The summed E-state index contributed by atoms with van der Waals surface area (Å²) >= 11 is 15.0. The second-order valence-corrected chi connectivity index (χ2v) is 5.73. The van der Waals surface area contributed by atoms with Crippen LogP contribution in [-0.4, -0.2) is 5.91 Å². The molecule has 20 heavy (non-hydrogen) atoms. The molecule has 2 aromatic carbocycles. The van der Waals surface area contributed by atoms with Crippen molar-refractivity contribution in [3.05, 3.63) is 68.6 Å². The van der Waals surface area contributed by atoms with Gasteiger partial charge < -0.3 is 5.32 Å². The standard InChI is InChI=1S/C15H10BrCl2NO/c16-11-4-1-10(2-5-11)3-8-15(20)19-12-6-7-13(17)14(18)9-12/h1-9H,(H,19,20)/b8-3+. The Morgan fingerprint density at radius 3 is 2.40 bits per heavy atom. The fourth-order valence-electron chi connectivity index (χ4n) is 1.50. The van der Waals surface area contributed by atoms with Crippen LogP contribution in [0.1, 0.15) is 5.56 Å². The maximum atomic E-state index is 11.8. The Balaban J connectivity index is 2.01. The van der Waals surface area contributed by atoms with Crippen LogP contribution in [0.2, 0.25) is 10.0 Å². The van der Waals surface area contributed by atoms with Crippen LogP contribution in [0.3, 0.4) is 0 Å². The van der Waals surface area contributed by atoms with Crippen LogP contribution >= 0.6 is 39.1 Å². The van der Waals surface area contributed by atoms with E-state index in [-0.39, 0.29) is 5.91 Å². The largest absolute Gasteiger partial charge is 0.322 e. The van der Waals surface area contributed by atoms with Gasteiger partial charge in [0.1, 0.15) is 0 Å². The molecule has 2 nitrogen and oxygen atoms in total. The number of hydrogen-bond donors (Lipinski definition) is 1. The fourth-order valence-corrected chi connectivity index (χ4v) is 2.07. The lowest BCUT2D eigenvalue weighted by Gasteiger charge is -2.03. The third kappa shape index (κ3) is 4.37. The molecule has 0 atom stereocenters.